The molecule has 1 unspecified atom stereocenters. The Morgan fingerprint density at radius 3 is 2.68 bits per heavy atom. The summed E-state index contributed by atoms with van der Waals surface area (Å²) in [6, 6.07) is -0.0900. The van der Waals surface area contributed by atoms with Crippen molar-refractivity contribution in [3.63, 3.8) is 0 Å². The van der Waals surface area contributed by atoms with E-state index in [1.165, 1.54) is 0 Å². The highest BCUT2D eigenvalue weighted by Crippen LogP contribution is 2.15. The van der Waals surface area contributed by atoms with Gasteiger partial charge in [0, 0.05) is 32.8 Å². The number of carboxylic acid groups (broad SMARTS) is 1. The highest BCUT2D eigenvalue weighted by atomic mass is 16.5. The third kappa shape index (κ3) is 4.70. The third-order valence-electron chi connectivity index (χ3n) is 3.42. The number of urea groups is 1. The average molecular weight is 272 g/mol. The van der Waals surface area contributed by atoms with Crippen molar-refractivity contribution in [1.82, 2.24) is 9.80 Å². The van der Waals surface area contributed by atoms with Crippen LogP contribution in [0.25, 0.3) is 0 Å². The summed E-state index contributed by atoms with van der Waals surface area (Å²) in [6.45, 7) is 5.36. The summed E-state index contributed by atoms with van der Waals surface area (Å²) in [5.74, 6) is -0.883. The number of nitrogens with zero attached hydrogens (tertiary/aromatic N) is 2. The monoisotopic (exact) mass is 272 g/mol. The van der Waals surface area contributed by atoms with E-state index in [4.69, 9.17) is 9.84 Å². The van der Waals surface area contributed by atoms with E-state index in [0.717, 1.165) is 19.4 Å². The number of carboxylic acids is 1. The fraction of sp³-hybridized carbons (Fsp3) is 0.846. The van der Waals surface area contributed by atoms with E-state index in [-0.39, 0.29) is 31.1 Å². The lowest BCUT2D eigenvalue weighted by Gasteiger charge is -2.37. The number of carbonyl (C=O) groups is 2. The number of hydrogen-bond donors (Lipinski definition) is 1. The number of hydrogen-bond acceptors (Lipinski definition) is 3. The molecule has 1 saturated heterocycles. The minimum Gasteiger partial charge on any atom is -0.481 e. The summed E-state index contributed by atoms with van der Waals surface area (Å²) in [7, 11) is 1.66. The number of likely N-dealkylation sites (tertiary alicyclic amines) is 1. The van der Waals surface area contributed by atoms with E-state index in [1.807, 2.05) is 13.8 Å². The van der Waals surface area contributed by atoms with Crippen molar-refractivity contribution >= 4 is 12.0 Å². The summed E-state index contributed by atoms with van der Waals surface area (Å²) in [4.78, 5) is 26.4. The van der Waals surface area contributed by atoms with Crippen LogP contribution in [0.2, 0.25) is 0 Å². The Kier molecular flexibility index (Phi) is 6.08. The molecule has 1 atom stereocenters. The van der Waals surface area contributed by atoms with Gasteiger partial charge in [-0.25, -0.2) is 4.79 Å². The van der Waals surface area contributed by atoms with E-state index in [0.29, 0.717) is 6.54 Å². The Hall–Kier alpha value is -1.30. The van der Waals surface area contributed by atoms with Gasteiger partial charge in [-0.15, -0.1) is 0 Å². The van der Waals surface area contributed by atoms with E-state index >= 15 is 0 Å². The first-order valence-corrected chi connectivity index (χ1v) is 6.75. The Balaban J connectivity index is 2.62. The number of methoxy groups -OCH3 is 1. The highest BCUT2D eigenvalue weighted by Gasteiger charge is 2.28. The van der Waals surface area contributed by atoms with Gasteiger partial charge >= 0.3 is 12.0 Å². The van der Waals surface area contributed by atoms with Crippen LogP contribution < -0.4 is 0 Å². The van der Waals surface area contributed by atoms with Gasteiger partial charge in [0.1, 0.15) is 0 Å². The van der Waals surface area contributed by atoms with Crippen molar-refractivity contribution in [3.05, 3.63) is 0 Å². The Labute approximate surface area is 114 Å². The minimum atomic E-state index is -0.883. The molecule has 0 saturated carbocycles. The van der Waals surface area contributed by atoms with Gasteiger partial charge in [-0.05, 0) is 26.7 Å². The number of carbonyl (C=O) groups excluding carboxylic acids is 1. The largest absolute Gasteiger partial charge is 0.481 e. The second kappa shape index (κ2) is 7.33. The summed E-state index contributed by atoms with van der Waals surface area (Å²) in [5, 5.41) is 8.74. The molecule has 2 amide bonds. The highest BCUT2D eigenvalue weighted by molar-refractivity contribution is 5.76. The third-order valence-corrected chi connectivity index (χ3v) is 3.42. The van der Waals surface area contributed by atoms with Gasteiger partial charge in [0.25, 0.3) is 0 Å². The molecule has 1 aliphatic heterocycles. The maximum atomic E-state index is 12.4. The zero-order valence-corrected chi connectivity index (χ0v) is 12.0. The molecule has 1 heterocycles. The zero-order valence-electron chi connectivity index (χ0n) is 12.0. The van der Waals surface area contributed by atoms with Gasteiger partial charge in [0.15, 0.2) is 0 Å². The minimum absolute atomic E-state index is 0.00484. The van der Waals surface area contributed by atoms with Gasteiger partial charge in [0.05, 0.1) is 12.5 Å². The zero-order chi connectivity index (χ0) is 14.4. The summed E-state index contributed by atoms with van der Waals surface area (Å²) < 4.78 is 5.30. The first-order valence-electron chi connectivity index (χ1n) is 6.75. The second-order valence-electron chi connectivity index (χ2n) is 5.16. The predicted molar refractivity (Wildman–Crippen MR) is 71.1 cm³/mol. The van der Waals surface area contributed by atoms with Crippen LogP contribution in [0.3, 0.4) is 0 Å². The summed E-state index contributed by atoms with van der Waals surface area (Å²) in [6.07, 6.45) is 1.96. The van der Waals surface area contributed by atoms with Gasteiger partial charge in [-0.2, -0.15) is 0 Å². The Morgan fingerprint density at radius 2 is 2.16 bits per heavy atom. The SMILES string of the molecule is COC1CCCN(C(=O)N(CCC(=O)O)C(C)C)C1. The van der Waals surface area contributed by atoms with Gasteiger partial charge < -0.3 is 19.6 Å². The standard InChI is InChI=1S/C13H24N2O4/c1-10(2)15(8-6-12(16)17)13(18)14-7-4-5-11(9-14)19-3/h10-11H,4-9H2,1-3H3,(H,16,17). The maximum absolute atomic E-state index is 12.4. The van der Waals surface area contributed by atoms with Gasteiger partial charge in [0.2, 0.25) is 0 Å². The number of amides is 2. The molecule has 0 spiro atoms. The quantitative estimate of drug-likeness (QED) is 0.821. The van der Waals surface area contributed by atoms with Crippen LogP contribution >= 0.6 is 0 Å². The first kappa shape index (κ1) is 15.8. The molecule has 6 nitrogen and oxygen atoms in total. The molecule has 1 aliphatic rings. The number of rotatable bonds is 5. The lowest BCUT2D eigenvalue weighted by atomic mass is 10.1. The molecular weight excluding hydrogens is 248 g/mol. The maximum Gasteiger partial charge on any atom is 0.320 e. The molecule has 0 aromatic carbocycles. The van der Waals surface area contributed by atoms with E-state index in [9.17, 15) is 9.59 Å². The van der Waals surface area contributed by atoms with Crippen molar-refractivity contribution in [1.29, 1.82) is 0 Å². The number of ether oxygens (including phenoxy) is 1. The molecule has 1 rings (SSSR count). The summed E-state index contributed by atoms with van der Waals surface area (Å²) in [5.41, 5.74) is 0. The number of aliphatic carboxylic acids is 1. The molecule has 1 N–H and O–H groups in total. The van der Waals surface area contributed by atoms with Crippen LogP contribution in [0.5, 0.6) is 0 Å². The van der Waals surface area contributed by atoms with Crippen LogP contribution in [-0.4, -0.2) is 65.8 Å². The summed E-state index contributed by atoms with van der Waals surface area (Å²) >= 11 is 0. The van der Waals surface area contributed by atoms with Crippen LogP contribution in [0.15, 0.2) is 0 Å². The van der Waals surface area contributed by atoms with Crippen LogP contribution in [0, 0.1) is 0 Å². The normalized spacial score (nSPS) is 19.6. The van der Waals surface area contributed by atoms with Crippen molar-refractivity contribution in [2.75, 3.05) is 26.7 Å². The molecule has 6 heteroatoms. The molecule has 110 valence electrons. The lowest BCUT2D eigenvalue weighted by molar-refractivity contribution is -0.137. The van der Waals surface area contributed by atoms with Crippen molar-refractivity contribution in [3.8, 4) is 0 Å². The lowest BCUT2D eigenvalue weighted by Crippen LogP contribution is -2.51. The van der Waals surface area contributed by atoms with Crippen LogP contribution in [0.1, 0.15) is 33.1 Å². The molecule has 0 aliphatic carbocycles. The average Bonchev–Trinajstić information content (AvgIpc) is 2.38. The fourth-order valence-corrected chi connectivity index (χ4v) is 2.28. The predicted octanol–water partition coefficient (Wildman–Crippen LogP) is 1.40. The molecule has 0 bridgehead atoms. The smallest absolute Gasteiger partial charge is 0.320 e. The van der Waals surface area contributed by atoms with Crippen molar-refractivity contribution in [2.24, 2.45) is 0 Å². The Bertz CT molecular complexity index is 320. The van der Waals surface area contributed by atoms with Crippen molar-refractivity contribution in [2.45, 2.75) is 45.3 Å². The van der Waals surface area contributed by atoms with E-state index in [2.05, 4.69) is 0 Å². The Morgan fingerprint density at radius 1 is 1.47 bits per heavy atom. The fourth-order valence-electron chi connectivity index (χ4n) is 2.28. The first-order chi connectivity index (χ1) is 8.95. The van der Waals surface area contributed by atoms with Crippen molar-refractivity contribution < 1.29 is 19.4 Å². The molecule has 19 heavy (non-hydrogen) atoms. The van der Waals surface area contributed by atoms with E-state index < -0.39 is 5.97 Å². The van der Waals surface area contributed by atoms with Crippen LogP contribution in [0.4, 0.5) is 4.79 Å². The van der Waals surface area contributed by atoms with E-state index in [1.54, 1.807) is 16.9 Å². The number of piperidine rings is 1. The van der Waals surface area contributed by atoms with Crippen LogP contribution in [-0.2, 0) is 9.53 Å². The molecule has 0 aromatic heterocycles. The van der Waals surface area contributed by atoms with Gasteiger partial charge in [-0.3, -0.25) is 4.79 Å². The second-order valence-corrected chi connectivity index (χ2v) is 5.16. The topological polar surface area (TPSA) is 70.1 Å². The molecule has 1 fully saturated rings. The molecule has 0 aromatic rings. The van der Waals surface area contributed by atoms with Gasteiger partial charge in [-0.1, -0.05) is 0 Å². The molecule has 0 radical (unpaired) electrons. The molecular formula is C13H24N2O4.